The number of allylic oxidation sites excluding steroid dienone is 14. The first-order valence-electron chi connectivity index (χ1n) is 17.4. The third-order valence-electron chi connectivity index (χ3n) is 8.98. The minimum atomic E-state index is -1.84. The summed E-state index contributed by atoms with van der Waals surface area (Å²) in [5.74, 6) is -3.89. The van der Waals surface area contributed by atoms with Crippen LogP contribution in [0.3, 0.4) is 0 Å². The first kappa shape index (κ1) is 45.2. The molecule has 0 saturated carbocycles. The highest BCUT2D eigenvalue weighted by molar-refractivity contribution is 6.31. The number of aliphatic hydroxyl groups excluding tert-OH is 7. The maximum atomic E-state index is 13.8. The highest BCUT2D eigenvalue weighted by Crippen LogP contribution is 2.36. The number of carbonyl (C=O) groups is 3. The Labute approximate surface area is 332 Å². The Bertz CT molecular complexity index is 1670. The maximum absolute atomic E-state index is 13.8. The molecule has 17 nitrogen and oxygen atoms in total. The van der Waals surface area contributed by atoms with Gasteiger partial charge in [-0.1, -0.05) is 71.8 Å². The van der Waals surface area contributed by atoms with Gasteiger partial charge in [-0.2, -0.15) is 0 Å². The van der Waals surface area contributed by atoms with Crippen LogP contribution in [0.1, 0.15) is 20.3 Å². The molecule has 0 bridgehead atoms. The van der Waals surface area contributed by atoms with E-state index in [2.05, 4.69) is 0 Å². The molecule has 0 aliphatic carbocycles. The van der Waals surface area contributed by atoms with Gasteiger partial charge in [0, 0.05) is 10.1 Å². The average molecular weight is 830 g/mol. The van der Waals surface area contributed by atoms with Crippen molar-refractivity contribution in [1.82, 2.24) is 4.90 Å². The van der Waals surface area contributed by atoms with Crippen molar-refractivity contribution in [2.75, 3.05) is 13.2 Å². The fourth-order valence-corrected chi connectivity index (χ4v) is 6.35. The molecule has 4 aliphatic heterocycles. The van der Waals surface area contributed by atoms with Crippen molar-refractivity contribution >= 4 is 40.8 Å². The van der Waals surface area contributed by atoms with E-state index < -0.39 is 128 Å². The Morgan fingerprint density at radius 3 is 2.09 bits per heavy atom. The first-order chi connectivity index (χ1) is 26.6. The molecule has 19 heteroatoms. The van der Waals surface area contributed by atoms with E-state index in [-0.39, 0.29) is 0 Å². The Balaban J connectivity index is 1.51. The molecule has 0 radical (unpaired) electrons. The van der Waals surface area contributed by atoms with Gasteiger partial charge in [-0.15, -0.1) is 0 Å². The number of halogens is 2. The summed E-state index contributed by atoms with van der Waals surface area (Å²) in [6, 6.07) is -1.64. The summed E-state index contributed by atoms with van der Waals surface area (Å²) in [5.41, 5.74) is 4.68. The lowest BCUT2D eigenvalue weighted by molar-refractivity contribution is -0.290. The van der Waals surface area contributed by atoms with Crippen molar-refractivity contribution in [2.45, 2.75) is 100 Å². The quantitative estimate of drug-likeness (QED) is 0.0464. The fraction of sp³-hybridized carbons (Fsp3) is 0.486. The molecular formula is C37H46Cl2N2O15. The van der Waals surface area contributed by atoms with Crippen molar-refractivity contribution in [2.24, 2.45) is 5.73 Å². The SMILES string of the molecule is C/C(Cl)=C/C=C/C(Cl)=C/C=C/C=C/C=C/C=C/C(O)=C1/C(=O)[C@H](CC(N)=O)N([C@@H]2OC[C@@H](O)[C@H](O)[C@H]2O[C@@H]2O[C@H](CO)[C@@H](O[C@@H]3O[C@H](C)[C@@H](O)[C@@H]3O)[C@@H]2O)C1=O. The topological polar surface area (TPSA) is 268 Å². The Morgan fingerprint density at radius 2 is 1.48 bits per heavy atom. The lowest BCUT2D eigenvalue weighted by Gasteiger charge is -2.44. The predicted molar refractivity (Wildman–Crippen MR) is 198 cm³/mol. The summed E-state index contributed by atoms with van der Waals surface area (Å²) in [5, 5.41) is 74.9. The number of ether oxygens (including phenoxy) is 5. The van der Waals surface area contributed by atoms with E-state index >= 15 is 0 Å². The second-order valence-corrected chi connectivity index (χ2v) is 14.1. The van der Waals surface area contributed by atoms with Gasteiger partial charge in [-0.05, 0) is 38.2 Å². The van der Waals surface area contributed by atoms with Crippen molar-refractivity contribution in [3.05, 3.63) is 94.3 Å². The zero-order valence-electron chi connectivity index (χ0n) is 30.2. The Hall–Kier alpha value is -3.53. The molecule has 2 amide bonds. The third kappa shape index (κ3) is 11.1. The van der Waals surface area contributed by atoms with Crippen LogP contribution in [0.5, 0.6) is 0 Å². The summed E-state index contributed by atoms with van der Waals surface area (Å²) >= 11 is 11.8. The van der Waals surface area contributed by atoms with Gasteiger partial charge < -0.3 is 65.2 Å². The molecule has 4 heterocycles. The monoisotopic (exact) mass is 828 g/mol. The molecule has 4 rings (SSSR count). The largest absolute Gasteiger partial charge is 0.507 e. The summed E-state index contributed by atoms with van der Waals surface area (Å²) in [6.07, 6.45) is -0.0132. The Morgan fingerprint density at radius 1 is 0.857 bits per heavy atom. The lowest BCUT2D eigenvalue weighted by Crippen LogP contribution is -2.63. The molecule has 0 unspecified atom stereocenters. The van der Waals surface area contributed by atoms with Crippen LogP contribution in [0.2, 0.25) is 0 Å². The third-order valence-corrected chi connectivity index (χ3v) is 9.35. The van der Waals surface area contributed by atoms with Gasteiger partial charge in [0.25, 0.3) is 5.91 Å². The molecule has 4 saturated heterocycles. The van der Waals surface area contributed by atoms with E-state index in [1.807, 2.05) is 0 Å². The number of primary amides is 1. The van der Waals surface area contributed by atoms with Crippen LogP contribution < -0.4 is 5.73 Å². The molecule has 9 N–H and O–H groups in total. The number of nitrogens with zero attached hydrogens (tertiary/aromatic N) is 1. The van der Waals surface area contributed by atoms with Gasteiger partial charge in [0.15, 0.2) is 24.6 Å². The van der Waals surface area contributed by atoms with Gasteiger partial charge >= 0.3 is 0 Å². The molecule has 308 valence electrons. The number of aliphatic hydroxyl groups is 7. The summed E-state index contributed by atoms with van der Waals surface area (Å²) < 4.78 is 28.2. The number of rotatable bonds is 15. The van der Waals surface area contributed by atoms with Crippen LogP contribution in [-0.4, -0.2) is 151 Å². The van der Waals surface area contributed by atoms with Gasteiger partial charge in [-0.25, -0.2) is 0 Å². The molecule has 4 aliphatic rings. The first-order valence-corrected chi connectivity index (χ1v) is 18.2. The molecule has 4 fully saturated rings. The summed E-state index contributed by atoms with van der Waals surface area (Å²) in [4.78, 5) is 40.3. The maximum Gasteiger partial charge on any atom is 0.264 e. The molecule has 0 spiro atoms. The lowest BCUT2D eigenvalue weighted by atomic mass is 10.0. The highest BCUT2D eigenvalue weighted by atomic mass is 35.5. The molecule has 56 heavy (non-hydrogen) atoms. The number of Topliss-reactive ketones (excluding diaryl/α,β-unsaturated/α-hetero) is 1. The molecule has 0 aromatic heterocycles. The van der Waals surface area contributed by atoms with Crippen LogP contribution in [0.25, 0.3) is 0 Å². The number of nitrogens with two attached hydrogens (primary N) is 1. The van der Waals surface area contributed by atoms with E-state index in [1.165, 1.54) is 19.1 Å². The van der Waals surface area contributed by atoms with Crippen molar-refractivity contribution in [1.29, 1.82) is 0 Å². The van der Waals surface area contributed by atoms with Crippen LogP contribution in [-0.2, 0) is 38.1 Å². The number of hydrogen-bond acceptors (Lipinski definition) is 15. The number of likely N-dealkylation sites (tertiary alicyclic amines) is 1. The van der Waals surface area contributed by atoms with Crippen LogP contribution in [0.15, 0.2) is 94.3 Å². The predicted octanol–water partition coefficient (Wildman–Crippen LogP) is -0.107. The number of carbonyl (C=O) groups excluding carboxylic acids is 3. The second-order valence-electron chi connectivity index (χ2n) is 13.1. The Kier molecular flexibility index (Phi) is 16.7. The normalized spacial score (nSPS) is 37.2. The van der Waals surface area contributed by atoms with Crippen molar-refractivity contribution in [3.63, 3.8) is 0 Å². The van der Waals surface area contributed by atoms with E-state index in [4.69, 9.17) is 52.6 Å². The average Bonchev–Trinajstić information content (AvgIpc) is 3.67. The van der Waals surface area contributed by atoms with Gasteiger partial charge in [0.2, 0.25) is 5.91 Å². The molecule has 0 aromatic carbocycles. The number of amides is 2. The van der Waals surface area contributed by atoms with Crippen molar-refractivity contribution in [3.8, 4) is 0 Å². The van der Waals surface area contributed by atoms with E-state index in [0.29, 0.717) is 10.1 Å². The number of ketones is 1. The highest BCUT2D eigenvalue weighted by Gasteiger charge is 2.57. The minimum absolute atomic E-state index is 0.469. The van der Waals surface area contributed by atoms with Crippen LogP contribution in [0.4, 0.5) is 0 Å². The van der Waals surface area contributed by atoms with Gasteiger partial charge in [0.05, 0.1) is 25.7 Å². The fourth-order valence-electron chi connectivity index (χ4n) is 6.14. The second kappa shape index (κ2) is 20.8. The smallest absolute Gasteiger partial charge is 0.264 e. The zero-order chi connectivity index (χ0) is 41.3. The minimum Gasteiger partial charge on any atom is -0.507 e. The standard InChI is InChI=1S/C37H46Cl2N2O15/c1-18(38)11-10-13-20(39)12-8-6-4-3-5-7-9-14-22(43)26-28(47)21(15-25(40)45)41(34(26)51)35-33(29(48)23(44)17-52-35)56-37-31(50)32(24(16-42)54-37)55-36-30(49)27(46)19(2)53-36/h3-14,19,21,23-24,27,29-33,35-37,42-44,46,48-50H,15-17H2,1-2H3,(H2,40,45)/b4-3+,7-5+,8-6+,13-10+,14-9+,18-11-,20-12-,26-22+/t19-,21+,23-,24-,27-,29+,30+,31+,32-,33-,35-,36+,37+/m1/s1. The van der Waals surface area contributed by atoms with Gasteiger partial charge in [0.1, 0.15) is 66.2 Å². The van der Waals surface area contributed by atoms with Crippen molar-refractivity contribution < 1.29 is 73.8 Å². The van der Waals surface area contributed by atoms with E-state index in [9.17, 15) is 50.1 Å². The van der Waals surface area contributed by atoms with Crippen LogP contribution >= 0.6 is 23.2 Å². The molecule has 13 atom stereocenters. The molecular weight excluding hydrogens is 783 g/mol. The van der Waals surface area contributed by atoms with Gasteiger partial charge in [-0.3, -0.25) is 19.3 Å². The van der Waals surface area contributed by atoms with E-state index in [1.54, 1.807) is 61.6 Å². The summed E-state index contributed by atoms with van der Waals surface area (Å²) in [6.45, 7) is 1.90. The summed E-state index contributed by atoms with van der Waals surface area (Å²) in [7, 11) is 0. The zero-order valence-corrected chi connectivity index (χ0v) is 31.7. The molecule has 0 aromatic rings. The number of hydrogen-bond donors (Lipinski definition) is 8. The van der Waals surface area contributed by atoms with E-state index in [0.717, 1.165) is 11.0 Å². The van der Waals surface area contributed by atoms with Crippen LogP contribution in [0, 0.1) is 0 Å².